The molecule has 0 radical (unpaired) electrons. The van der Waals surface area contributed by atoms with Gasteiger partial charge in [0.2, 0.25) is 5.91 Å². The standard InChI is InChI=1S/C22H30N4O4S/c27-21-9-8-20(24-26(21)19-10-13-31(29,30)16-19)22(28)23-14-17-4-6-18(7-5-17)15-25-11-2-1-3-12-25/h4-7,19H,1-3,8-16H2,(H,23,28). The molecule has 168 valence electrons. The minimum absolute atomic E-state index is 0.0618. The molecule has 9 heteroatoms. The average molecular weight is 447 g/mol. The lowest BCUT2D eigenvalue weighted by Crippen LogP contribution is -2.43. The molecule has 0 aliphatic carbocycles. The first kappa shape index (κ1) is 22.0. The number of nitrogens with one attached hydrogen (secondary N) is 1. The fraction of sp³-hybridized carbons (Fsp3) is 0.591. The lowest BCUT2D eigenvalue weighted by molar-refractivity contribution is -0.133. The highest BCUT2D eigenvalue weighted by Crippen LogP contribution is 2.22. The SMILES string of the molecule is O=C(NCc1ccc(CN2CCCCC2)cc1)C1=NN(C2CCS(=O)(=O)C2)C(=O)CC1. The van der Waals surface area contributed by atoms with Gasteiger partial charge in [-0.2, -0.15) is 5.10 Å². The lowest BCUT2D eigenvalue weighted by Gasteiger charge is -2.27. The smallest absolute Gasteiger partial charge is 0.267 e. The zero-order valence-corrected chi connectivity index (χ0v) is 18.6. The number of hydrazone groups is 1. The molecule has 0 bridgehead atoms. The molecule has 0 aromatic heterocycles. The van der Waals surface area contributed by atoms with Gasteiger partial charge < -0.3 is 5.32 Å². The number of nitrogens with zero attached hydrogens (tertiary/aromatic N) is 3. The van der Waals surface area contributed by atoms with E-state index in [9.17, 15) is 18.0 Å². The molecule has 1 N–H and O–H groups in total. The van der Waals surface area contributed by atoms with Crippen LogP contribution in [0.4, 0.5) is 0 Å². The number of benzene rings is 1. The second-order valence-electron chi connectivity index (χ2n) is 8.68. The van der Waals surface area contributed by atoms with Crippen molar-refractivity contribution in [3.8, 4) is 0 Å². The van der Waals surface area contributed by atoms with Gasteiger partial charge in [0.05, 0.1) is 17.5 Å². The Kier molecular flexibility index (Phi) is 6.71. The van der Waals surface area contributed by atoms with Crippen molar-refractivity contribution in [1.29, 1.82) is 0 Å². The van der Waals surface area contributed by atoms with Gasteiger partial charge in [-0.1, -0.05) is 30.7 Å². The molecule has 31 heavy (non-hydrogen) atoms. The van der Waals surface area contributed by atoms with Crippen molar-refractivity contribution < 1.29 is 18.0 Å². The van der Waals surface area contributed by atoms with E-state index in [0.29, 0.717) is 13.0 Å². The molecule has 2 fully saturated rings. The summed E-state index contributed by atoms with van der Waals surface area (Å²) < 4.78 is 23.5. The summed E-state index contributed by atoms with van der Waals surface area (Å²) in [7, 11) is -3.13. The van der Waals surface area contributed by atoms with Crippen LogP contribution < -0.4 is 5.32 Å². The van der Waals surface area contributed by atoms with E-state index < -0.39 is 15.9 Å². The van der Waals surface area contributed by atoms with Gasteiger partial charge in [0.25, 0.3) is 5.91 Å². The molecule has 1 aromatic carbocycles. The molecule has 1 aromatic rings. The van der Waals surface area contributed by atoms with Crippen molar-refractivity contribution in [3.05, 3.63) is 35.4 Å². The summed E-state index contributed by atoms with van der Waals surface area (Å²) in [5.41, 5.74) is 2.56. The number of hydrogen-bond acceptors (Lipinski definition) is 6. The molecular weight excluding hydrogens is 416 g/mol. The summed E-state index contributed by atoms with van der Waals surface area (Å²) in [4.78, 5) is 27.3. The number of hydrogen-bond donors (Lipinski definition) is 1. The fourth-order valence-corrected chi connectivity index (χ4v) is 6.10. The van der Waals surface area contributed by atoms with Crippen LogP contribution in [-0.2, 0) is 32.5 Å². The van der Waals surface area contributed by atoms with Gasteiger partial charge >= 0.3 is 0 Å². The van der Waals surface area contributed by atoms with Crippen LogP contribution in [0.15, 0.2) is 29.4 Å². The van der Waals surface area contributed by atoms with E-state index in [2.05, 4.69) is 27.5 Å². The number of rotatable bonds is 6. The lowest BCUT2D eigenvalue weighted by atomic mass is 10.1. The van der Waals surface area contributed by atoms with E-state index in [0.717, 1.165) is 25.2 Å². The van der Waals surface area contributed by atoms with Crippen molar-refractivity contribution in [3.63, 3.8) is 0 Å². The summed E-state index contributed by atoms with van der Waals surface area (Å²) in [6.07, 6.45) is 4.69. The van der Waals surface area contributed by atoms with Crippen LogP contribution in [0.3, 0.4) is 0 Å². The maximum Gasteiger partial charge on any atom is 0.267 e. The molecule has 1 unspecified atom stereocenters. The second-order valence-corrected chi connectivity index (χ2v) is 10.9. The fourth-order valence-electron chi connectivity index (χ4n) is 4.41. The number of sulfone groups is 1. The number of likely N-dealkylation sites (tertiary alicyclic amines) is 1. The first-order valence-corrected chi connectivity index (χ1v) is 12.9. The van der Waals surface area contributed by atoms with Gasteiger partial charge in [0.1, 0.15) is 5.71 Å². The third-order valence-electron chi connectivity index (χ3n) is 6.21. The molecule has 1 atom stereocenters. The van der Waals surface area contributed by atoms with Gasteiger partial charge in [-0.25, -0.2) is 13.4 Å². The highest BCUT2D eigenvalue weighted by molar-refractivity contribution is 7.91. The zero-order valence-electron chi connectivity index (χ0n) is 17.8. The first-order chi connectivity index (χ1) is 14.9. The quantitative estimate of drug-likeness (QED) is 0.713. The second kappa shape index (κ2) is 9.48. The molecule has 2 saturated heterocycles. The molecule has 4 rings (SSSR count). The van der Waals surface area contributed by atoms with E-state index in [-0.39, 0.29) is 41.9 Å². The molecule has 3 aliphatic rings. The normalized spacial score (nSPS) is 24.1. The maximum absolute atomic E-state index is 12.6. The van der Waals surface area contributed by atoms with E-state index >= 15 is 0 Å². The van der Waals surface area contributed by atoms with Gasteiger partial charge in [0.15, 0.2) is 9.84 Å². The van der Waals surface area contributed by atoms with Crippen LogP contribution in [0, 0.1) is 0 Å². The predicted octanol–water partition coefficient (Wildman–Crippen LogP) is 1.45. The average Bonchev–Trinajstić information content (AvgIpc) is 3.13. The Hall–Kier alpha value is -2.26. The van der Waals surface area contributed by atoms with Crippen LogP contribution in [0.25, 0.3) is 0 Å². The van der Waals surface area contributed by atoms with Crippen molar-refractivity contribution in [2.24, 2.45) is 5.10 Å². The minimum atomic E-state index is -3.13. The van der Waals surface area contributed by atoms with Crippen molar-refractivity contribution in [1.82, 2.24) is 15.2 Å². The maximum atomic E-state index is 12.6. The highest BCUT2D eigenvalue weighted by Gasteiger charge is 2.37. The van der Waals surface area contributed by atoms with Gasteiger partial charge in [-0.05, 0) is 43.5 Å². The zero-order chi connectivity index (χ0) is 21.8. The molecule has 8 nitrogen and oxygen atoms in total. The van der Waals surface area contributed by atoms with E-state index in [1.165, 1.54) is 29.8 Å². The van der Waals surface area contributed by atoms with E-state index in [4.69, 9.17) is 0 Å². The predicted molar refractivity (Wildman–Crippen MR) is 118 cm³/mol. The van der Waals surface area contributed by atoms with Gasteiger partial charge in [0, 0.05) is 25.9 Å². The molecule has 3 heterocycles. The van der Waals surface area contributed by atoms with Crippen molar-refractivity contribution >= 4 is 27.4 Å². The summed E-state index contributed by atoms with van der Waals surface area (Å²) in [5.74, 6) is -0.550. The third-order valence-corrected chi connectivity index (χ3v) is 7.96. The van der Waals surface area contributed by atoms with Crippen LogP contribution in [0.5, 0.6) is 0 Å². The van der Waals surface area contributed by atoms with E-state index in [1.807, 2.05) is 12.1 Å². The van der Waals surface area contributed by atoms with Crippen molar-refractivity contribution in [2.75, 3.05) is 24.6 Å². The Morgan fingerprint density at radius 3 is 2.45 bits per heavy atom. The van der Waals surface area contributed by atoms with Crippen molar-refractivity contribution in [2.45, 2.75) is 57.7 Å². The Balaban J connectivity index is 1.31. The number of carbonyl (C=O) groups excluding carboxylic acids is 2. The Morgan fingerprint density at radius 2 is 1.77 bits per heavy atom. The minimum Gasteiger partial charge on any atom is -0.347 e. The summed E-state index contributed by atoms with van der Waals surface area (Å²) in [5, 5.41) is 8.32. The monoisotopic (exact) mass is 446 g/mol. The Labute approximate surface area is 183 Å². The molecule has 0 saturated carbocycles. The summed E-state index contributed by atoms with van der Waals surface area (Å²) in [6.45, 7) is 3.66. The Morgan fingerprint density at radius 1 is 1.06 bits per heavy atom. The molecular formula is C22H30N4O4S. The third kappa shape index (κ3) is 5.71. The molecule has 3 aliphatic heterocycles. The summed E-state index contributed by atoms with van der Waals surface area (Å²) in [6, 6.07) is 7.81. The van der Waals surface area contributed by atoms with Crippen LogP contribution >= 0.6 is 0 Å². The number of amides is 2. The van der Waals surface area contributed by atoms with Gasteiger partial charge in [-0.3, -0.25) is 14.5 Å². The van der Waals surface area contributed by atoms with Gasteiger partial charge in [-0.15, -0.1) is 0 Å². The van der Waals surface area contributed by atoms with Crippen LogP contribution in [0.2, 0.25) is 0 Å². The number of piperidine rings is 1. The topological polar surface area (TPSA) is 99.2 Å². The molecule has 2 amide bonds. The summed E-state index contributed by atoms with van der Waals surface area (Å²) >= 11 is 0. The van der Waals surface area contributed by atoms with Crippen LogP contribution in [0.1, 0.15) is 49.7 Å². The van der Waals surface area contributed by atoms with E-state index in [1.54, 1.807) is 0 Å². The molecule has 0 spiro atoms. The largest absolute Gasteiger partial charge is 0.347 e. The highest BCUT2D eigenvalue weighted by atomic mass is 32.2. The Bertz CT molecular complexity index is 952. The number of carbonyl (C=O) groups is 2. The van der Waals surface area contributed by atoms with Crippen LogP contribution in [-0.4, -0.2) is 66.5 Å². The first-order valence-electron chi connectivity index (χ1n) is 11.1.